The number of para-hydroxylation sites is 1. The maximum Gasteiger partial charge on any atom is 0.0485 e. The Morgan fingerprint density at radius 1 is 0.900 bits per heavy atom. The summed E-state index contributed by atoms with van der Waals surface area (Å²) in [6, 6.07) is 17.7. The number of hydrogen-bond donors (Lipinski definition) is 1. The molecular weight excluding hydrogens is 262 g/mol. The van der Waals surface area contributed by atoms with E-state index in [2.05, 4.69) is 80.9 Å². The third kappa shape index (κ3) is 3.57. The number of hydrogen-bond acceptors (Lipinski definition) is 2. The SMILES string of the molecule is CSc1ccc(C(C)Nc2ccccc2C(C)C)cc1. The Kier molecular flexibility index (Phi) is 5.13. The fourth-order valence-electron chi connectivity index (χ4n) is 2.34. The summed E-state index contributed by atoms with van der Waals surface area (Å²) in [5, 5.41) is 3.64. The normalized spacial score (nSPS) is 12.4. The van der Waals surface area contributed by atoms with Crippen LogP contribution in [0, 0.1) is 0 Å². The molecule has 1 N–H and O–H groups in total. The maximum absolute atomic E-state index is 3.64. The van der Waals surface area contributed by atoms with E-state index in [9.17, 15) is 0 Å². The molecule has 0 heterocycles. The fourth-order valence-corrected chi connectivity index (χ4v) is 2.75. The van der Waals surface area contributed by atoms with E-state index in [1.807, 2.05) is 0 Å². The molecule has 2 aromatic carbocycles. The Labute approximate surface area is 126 Å². The van der Waals surface area contributed by atoms with E-state index in [1.165, 1.54) is 21.7 Å². The molecule has 0 aliphatic rings. The monoisotopic (exact) mass is 285 g/mol. The first-order valence-electron chi connectivity index (χ1n) is 7.11. The van der Waals surface area contributed by atoms with Crippen LogP contribution >= 0.6 is 11.8 Å². The van der Waals surface area contributed by atoms with E-state index >= 15 is 0 Å². The Hall–Kier alpha value is -1.41. The fraction of sp³-hybridized carbons (Fsp3) is 0.333. The lowest BCUT2D eigenvalue weighted by Gasteiger charge is -2.20. The van der Waals surface area contributed by atoms with Crippen LogP contribution in [-0.2, 0) is 0 Å². The Morgan fingerprint density at radius 3 is 2.15 bits per heavy atom. The molecule has 1 atom stereocenters. The van der Waals surface area contributed by atoms with E-state index in [0.29, 0.717) is 12.0 Å². The highest BCUT2D eigenvalue weighted by molar-refractivity contribution is 7.98. The average molecular weight is 285 g/mol. The predicted octanol–water partition coefficient (Wildman–Crippen LogP) is 5.71. The van der Waals surface area contributed by atoms with Crippen LogP contribution in [0.15, 0.2) is 53.4 Å². The van der Waals surface area contributed by atoms with Crippen molar-refractivity contribution in [1.29, 1.82) is 0 Å². The molecular formula is C18H23NS. The summed E-state index contributed by atoms with van der Waals surface area (Å²) < 4.78 is 0. The number of anilines is 1. The molecule has 2 heteroatoms. The maximum atomic E-state index is 3.64. The van der Waals surface area contributed by atoms with Crippen molar-refractivity contribution in [3.8, 4) is 0 Å². The van der Waals surface area contributed by atoms with E-state index in [1.54, 1.807) is 11.8 Å². The van der Waals surface area contributed by atoms with Gasteiger partial charge < -0.3 is 5.32 Å². The first kappa shape index (κ1) is 15.0. The van der Waals surface area contributed by atoms with Gasteiger partial charge in [-0.1, -0.05) is 44.2 Å². The largest absolute Gasteiger partial charge is 0.378 e. The van der Waals surface area contributed by atoms with Crippen molar-refractivity contribution in [2.45, 2.75) is 37.6 Å². The summed E-state index contributed by atoms with van der Waals surface area (Å²) in [6.07, 6.45) is 2.11. The van der Waals surface area contributed by atoms with Gasteiger partial charge in [-0.3, -0.25) is 0 Å². The highest BCUT2D eigenvalue weighted by atomic mass is 32.2. The minimum absolute atomic E-state index is 0.311. The van der Waals surface area contributed by atoms with Crippen LogP contribution in [0.2, 0.25) is 0 Å². The van der Waals surface area contributed by atoms with Gasteiger partial charge in [-0.2, -0.15) is 0 Å². The first-order valence-corrected chi connectivity index (χ1v) is 8.33. The van der Waals surface area contributed by atoms with Crippen LogP contribution in [0.4, 0.5) is 5.69 Å². The molecule has 2 aromatic rings. The summed E-state index contributed by atoms with van der Waals surface area (Å²) in [7, 11) is 0. The lowest BCUT2D eigenvalue weighted by Crippen LogP contribution is -2.08. The molecule has 0 saturated carbocycles. The van der Waals surface area contributed by atoms with Gasteiger partial charge in [0, 0.05) is 16.6 Å². The van der Waals surface area contributed by atoms with Gasteiger partial charge in [-0.15, -0.1) is 11.8 Å². The van der Waals surface area contributed by atoms with Crippen molar-refractivity contribution in [2.75, 3.05) is 11.6 Å². The zero-order valence-electron chi connectivity index (χ0n) is 12.7. The standard InChI is InChI=1S/C18H23NS/c1-13(2)17-7-5-6-8-18(17)19-14(3)15-9-11-16(20-4)12-10-15/h5-14,19H,1-4H3. The van der Waals surface area contributed by atoms with Crippen LogP contribution in [0.25, 0.3) is 0 Å². The summed E-state index contributed by atoms with van der Waals surface area (Å²) >= 11 is 1.78. The second-order valence-electron chi connectivity index (χ2n) is 5.38. The molecule has 0 aromatic heterocycles. The van der Waals surface area contributed by atoms with Crippen LogP contribution in [0.5, 0.6) is 0 Å². The molecule has 1 unspecified atom stereocenters. The van der Waals surface area contributed by atoms with Gasteiger partial charge in [-0.25, -0.2) is 0 Å². The molecule has 20 heavy (non-hydrogen) atoms. The zero-order valence-corrected chi connectivity index (χ0v) is 13.5. The van der Waals surface area contributed by atoms with E-state index in [4.69, 9.17) is 0 Å². The molecule has 0 radical (unpaired) electrons. The van der Waals surface area contributed by atoms with Crippen LogP contribution < -0.4 is 5.32 Å². The molecule has 0 aliphatic carbocycles. The second kappa shape index (κ2) is 6.85. The Balaban J connectivity index is 2.16. The highest BCUT2D eigenvalue weighted by Gasteiger charge is 2.10. The van der Waals surface area contributed by atoms with E-state index in [0.717, 1.165) is 0 Å². The first-order chi connectivity index (χ1) is 9.61. The minimum Gasteiger partial charge on any atom is -0.378 e. The topological polar surface area (TPSA) is 12.0 Å². The third-order valence-electron chi connectivity index (χ3n) is 3.57. The number of thioether (sulfide) groups is 1. The Bertz CT molecular complexity index is 546. The number of rotatable bonds is 5. The zero-order chi connectivity index (χ0) is 14.5. The molecule has 2 rings (SSSR count). The van der Waals surface area contributed by atoms with Crippen molar-refractivity contribution >= 4 is 17.4 Å². The van der Waals surface area contributed by atoms with Gasteiger partial charge in [-0.05, 0) is 48.4 Å². The summed E-state index contributed by atoms with van der Waals surface area (Å²) in [5.74, 6) is 0.532. The van der Waals surface area contributed by atoms with Crippen molar-refractivity contribution in [3.05, 3.63) is 59.7 Å². The van der Waals surface area contributed by atoms with Crippen LogP contribution in [-0.4, -0.2) is 6.26 Å². The van der Waals surface area contributed by atoms with Gasteiger partial charge in [0.25, 0.3) is 0 Å². The molecule has 0 bridgehead atoms. The lowest BCUT2D eigenvalue weighted by molar-refractivity contribution is 0.840. The van der Waals surface area contributed by atoms with Gasteiger partial charge >= 0.3 is 0 Å². The number of benzene rings is 2. The summed E-state index contributed by atoms with van der Waals surface area (Å²) in [4.78, 5) is 1.31. The molecule has 0 amide bonds. The van der Waals surface area contributed by atoms with Gasteiger partial charge in [0.05, 0.1) is 0 Å². The lowest BCUT2D eigenvalue weighted by atomic mass is 10.00. The quantitative estimate of drug-likeness (QED) is 0.707. The minimum atomic E-state index is 0.311. The molecule has 0 aliphatic heterocycles. The van der Waals surface area contributed by atoms with Gasteiger partial charge in [0.15, 0.2) is 0 Å². The van der Waals surface area contributed by atoms with Crippen molar-refractivity contribution in [2.24, 2.45) is 0 Å². The van der Waals surface area contributed by atoms with Crippen molar-refractivity contribution < 1.29 is 0 Å². The van der Waals surface area contributed by atoms with Crippen molar-refractivity contribution in [1.82, 2.24) is 0 Å². The third-order valence-corrected chi connectivity index (χ3v) is 4.31. The molecule has 1 nitrogen and oxygen atoms in total. The summed E-state index contributed by atoms with van der Waals surface area (Å²) in [5.41, 5.74) is 3.94. The molecule has 0 spiro atoms. The van der Waals surface area contributed by atoms with Gasteiger partial charge in [0.1, 0.15) is 0 Å². The predicted molar refractivity (Wildman–Crippen MR) is 90.8 cm³/mol. The van der Waals surface area contributed by atoms with Crippen molar-refractivity contribution in [3.63, 3.8) is 0 Å². The summed E-state index contributed by atoms with van der Waals surface area (Å²) in [6.45, 7) is 6.68. The van der Waals surface area contributed by atoms with E-state index < -0.39 is 0 Å². The highest BCUT2D eigenvalue weighted by Crippen LogP contribution is 2.28. The molecule has 106 valence electrons. The smallest absolute Gasteiger partial charge is 0.0485 e. The average Bonchev–Trinajstić information content (AvgIpc) is 2.47. The molecule has 0 fully saturated rings. The van der Waals surface area contributed by atoms with Crippen LogP contribution in [0.1, 0.15) is 43.9 Å². The van der Waals surface area contributed by atoms with E-state index in [-0.39, 0.29) is 0 Å². The van der Waals surface area contributed by atoms with Crippen LogP contribution in [0.3, 0.4) is 0 Å². The molecule has 0 saturated heterocycles. The number of nitrogens with one attached hydrogen (secondary N) is 1. The Morgan fingerprint density at radius 2 is 1.55 bits per heavy atom. The van der Waals surface area contributed by atoms with Gasteiger partial charge in [0.2, 0.25) is 0 Å². The second-order valence-corrected chi connectivity index (χ2v) is 6.26.